The Morgan fingerprint density at radius 1 is 1.15 bits per heavy atom. The maximum absolute atomic E-state index is 12.2. The van der Waals surface area contributed by atoms with Crippen LogP contribution in [0.15, 0.2) is 35.9 Å². The van der Waals surface area contributed by atoms with Gasteiger partial charge in [-0.2, -0.15) is 0 Å². The van der Waals surface area contributed by atoms with E-state index < -0.39 is 0 Å². The van der Waals surface area contributed by atoms with Crippen LogP contribution < -0.4 is 0 Å². The summed E-state index contributed by atoms with van der Waals surface area (Å²) in [6.07, 6.45) is 4.44. The summed E-state index contributed by atoms with van der Waals surface area (Å²) in [6, 6.07) is 8.36. The number of fused-ring (bicyclic) bond motifs is 1. The van der Waals surface area contributed by atoms with Gasteiger partial charge in [0, 0.05) is 38.6 Å². The lowest BCUT2D eigenvalue weighted by Gasteiger charge is -2.34. The fourth-order valence-electron chi connectivity index (χ4n) is 3.64. The zero-order valence-electron chi connectivity index (χ0n) is 15.8. The van der Waals surface area contributed by atoms with Gasteiger partial charge in [-0.1, -0.05) is 23.8 Å². The summed E-state index contributed by atoms with van der Waals surface area (Å²) in [7, 11) is 0. The number of aromatic nitrogens is 2. The molecule has 0 bridgehead atoms. The Labute approximate surface area is 155 Å². The Morgan fingerprint density at radius 2 is 1.88 bits per heavy atom. The number of benzene rings is 1. The number of para-hydroxylation sites is 2. The third-order valence-electron chi connectivity index (χ3n) is 5.39. The van der Waals surface area contributed by atoms with Gasteiger partial charge in [0.2, 0.25) is 5.91 Å². The van der Waals surface area contributed by atoms with Crippen LogP contribution in [-0.4, -0.2) is 51.4 Å². The summed E-state index contributed by atoms with van der Waals surface area (Å²) >= 11 is 0. The first-order valence-electron chi connectivity index (χ1n) is 9.70. The van der Waals surface area contributed by atoms with Crippen LogP contribution in [0.1, 0.15) is 32.5 Å². The third-order valence-corrected chi connectivity index (χ3v) is 5.39. The molecule has 1 saturated carbocycles. The van der Waals surface area contributed by atoms with Crippen LogP contribution in [0.5, 0.6) is 0 Å². The minimum absolute atomic E-state index is 0.329. The molecule has 138 valence electrons. The Morgan fingerprint density at radius 3 is 2.58 bits per heavy atom. The highest BCUT2D eigenvalue weighted by atomic mass is 16.2. The van der Waals surface area contributed by atoms with Crippen LogP contribution in [0.4, 0.5) is 0 Å². The molecular weight excluding hydrogens is 324 g/mol. The molecule has 5 heteroatoms. The van der Waals surface area contributed by atoms with E-state index in [2.05, 4.69) is 52.5 Å². The number of imidazole rings is 1. The molecule has 2 aromatic rings. The summed E-state index contributed by atoms with van der Waals surface area (Å²) in [5.41, 5.74) is 3.58. The molecule has 1 saturated heterocycles. The van der Waals surface area contributed by atoms with Crippen LogP contribution in [0, 0.1) is 5.92 Å². The van der Waals surface area contributed by atoms with Gasteiger partial charge < -0.3 is 9.47 Å². The standard InChI is InChI=1S/C21H28N4O/c1-16(2)9-10-25-19-6-4-3-5-18(19)22-20(25)15-23-11-13-24(14-12-23)21(26)17-7-8-17/h3-6,9,17H,7-8,10-15H2,1-2H3. The molecule has 2 fully saturated rings. The summed E-state index contributed by atoms with van der Waals surface area (Å²) in [6.45, 7) is 9.54. The van der Waals surface area contributed by atoms with Gasteiger partial charge in [0.1, 0.15) is 5.82 Å². The molecule has 1 aromatic carbocycles. The average molecular weight is 352 g/mol. The molecule has 0 unspecified atom stereocenters. The van der Waals surface area contributed by atoms with Crippen LogP contribution >= 0.6 is 0 Å². The molecule has 1 aliphatic heterocycles. The number of rotatable bonds is 5. The van der Waals surface area contributed by atoms with Gasteiger partial charge >= 0.3 is 0 Å². The molecular formula is C21H28N4O. The second kappa shape index (κ2) is 7.23. The predicted octanol–water partition coefficient (Wildman–Crippen LogP) is 3.06. The lowest BCUT2D eigenvalue weighted by molar-refractivity contribution is -0.134. The van der Waals surface area contributed by atoms with E-state index in [9.17, 15) is 4.79 Å². The maximum Gasteiger partial charge on any atom is 0.225 e. The molecule has 2 heterocycles. The van der Waals surface area contributed by atoms with Crippen LogP contribution in [0.3, 0.4) is 0 Å². The number of allylic oxidation sites excluding steroid dienone is 2. The van der Waals surface area contributed by atoms with Crippen LogP contribution in [-0.2, 0) is 17.9 Å². The first-order chi connectivity index (χ1) is 12.6. The van der Waals surface area contributed by atoms with E-state index in [1.807, 2.05) is 6.07 Å². The summed E-state index contributed by atoms with van der Waals surface area (Å²) < 4.78 is 2.32. The molecule has 0 N–H and O–H groups in total. The van der Waals surface area contributed by atoms with Crippen molar-refractivity contribution in [2.24, 2.45) is 5.92 Å². The Hall–Kier alpha value is -2.14. The normalized spacial score (nSPS) is 18.3. The lowest BCUT2D eigenvalue weighted by atomic mass is 10.2. The first-order valence-corrected chi connectivity index (χ1v) is 9.70. The highest BCUT2D eigenvalue weighted by Gasteiger charge is 2.34. The quantitative estimate of drug-likeness (QED) is 0.777. The number of carbonyl (C=O) groups is 1. The topological polar surface area (TPSA) is 41.4 Å². The monoisotopic (exact) mass is 352 g/mol. The van der Waals surface area contributed by atoms with E-state index in [0.29, 0.717) is 11.8 Å². The fraction of sp³-hybridized carbons (Fsp3) is 0.524. The molecule has 0 radical (unpaired) electrons. The smallest absolute Gasteiger partial charge is 0.225 e. The average Bonchev–Trinajstić information content (AvgIpc) is 3.43. The molecule has 2 aliphatic rings. The van der Waals surface area contributed by atoms with Crippen molar-refractivity contribution in [2.45, 2.75) is 39.8 Å². The minimum Gasteiger partial charge on any atom is -0.340 e. The van der Waals surface area contributed by atoms with E-state index in [-0.39, 0.29) is 0 Å². The molecule has 1 amide bonds. The minimum atomic E-state index is 0.329. The summed E-state index contributed by atoms with van der Waals surface area (Å²) in [5, 5.41) is 0. The van der Waals surface area contributed by atoms with Crippen molar-refractivity contribution in [3.05, 3.63) is 41.7 Å². The van der Waals surface area contributed by atoms with Gasteiger partial charge in [0.15, 0.2) is 0 Å². The van der Waals surface area contributed by atoms with Crippen LogP contribution in [0.25, 0.3) is 11.0 Å². The second-order valence-corrected chi connectivity index (χ2v) is 7.78. The van der Waals surface area contributed by atoms with Gasteiger partial charge in [-0.15, -0.1) is 0 Å². The van der Waals surface area contributed by atoms with Gasteiger partial charge in [-0.25, -0.2) is 4.98 Å². The number of amides is 1. The van der Waals surface area contributed by atoms with Gasteiger partial charge in [-0.05, 0) is 38.8 Å². The van der Waals surface area contributed by atoms with E-state index in [4.69, 9.17) is 4.98 Å². The number of hydrogen-bond donors (Lipinski definition) is 0. The maximum atomic E-state index is 12.2. The lowest BCUT2D eigenvalue weighted by Crippen LogP contribution is -2.49. The fourth-order valence-corrected chi connectivity index (χ4v) is 3.64. The number of piperazine rings is 1. The Kier molecular flexibility index (Phi) is 4.81. The molecule has 4 rings (SSSR count). The largest absolute Gasteiger partial charge is 0.340 e. The number of hydrogen-bond acceptors (Lipinski definition) is 3. The molecule has 1 aromatic heterocycles. The Bertz CT molecular complexity index is 822. The van der Waals surface area contributed by atoms with Gasteiger partial charge in [-0.3, -0.25) is 9.69 Å². The van der Waals surface area contributed by atoms with Crippen molar-refractivity contribution < 1.29 is 4.79 Å². The van der Waals surface area contributed by atoms with Crippen molar-refractivity contribution in [1.82, 2.24) is 19.4 Å². The van der Waals surface area contributed by atoms with Gasteiger partial charge in [0.05, 0.1) is 17.6 Å². The molecule has 0 atom stereocenters. The van der Waals surface area contributed by atoms with Crippen molar-refractivity contribution in [2.75, 3.05) is 26.2 Å². The van der Waals surface area contributed by atoms with Gasteiger partial charge in [0.25, 0.3) is 0 Å². The Balaban J connectivity index is 1.47. The first kappa shape index (κ1) is 17.3. The zero-order valence-corrected chi connectivity index (χ0v) is 15.8. The van der Waals surface area contributed by atoms with Crippen molar-refractivity contribution in [1.29, 1.82) is 0 Å². The van der Waals surface area contributed by atoms with E-state index in [0.717, 1.165) is 63.5 Å². The summed E-state index contributed by atoms with van der Waals surface area (Å²) in [4.78, 5) is 21.6. The van der Waals surface area contributed by atoms with Crippen LogP contribution in [0.2, 0.25) is 0 Å². The van der Waals surface area contributed by atoms with Crippen molar-refractivity contribution in [3.8, 4) is 0 Å². The SMILES string of the molecule is CC(C)=CCn1c(CN2CCN(C(=O)C3CC3)CC2)nc2ccccc21. The van der Waals surface area contributed by atoms with E-state index >= 15 is 0 Å². The molecule has 5 nitrogen and oxygen atoms in total. The third kappa shape index (κ3) is 3.68. The zero-order chi connectivity index (χ0) is 18.1. The number of nitrogens with zero attached hydrogens (tertiary/aromatic N) is 4. The highest BCUT2D eigenvalue weighted by molar-refractivity contribution is 5.81. The van der Waals surface area contributed by atoms with Crippen molar-refractivity contribution >= 4 is 16.9 Å². The predicted molar refractivity (Wildman–Crippen MR) is 104 cm³/mol. The van der Waals surface area contributed by atoms with Crippen molar-refractivity contribution in [3.63, 3.8) is 0 Å². The number of carbonyl (C=O) groups excluding carboxylic acids is 1. The van der Waals surface area contributed by atoms with E-state index in [1.54, 1.807) is 0 Å². The van der Waals surface area contributed by atoms with E-state index in [1.165, 1.54) is 11.1 Å². The second-order valence-electron chi connectivity index (χ2n) is 7.78. The molecule has 26 heavy (non-hydrogen) atoms. The molecule has 1 aliphatic carbocycles. The highest BCUT2D eigenvalue weighted by Crippen LogP contribution is 2.31. The molecule has 0 spiro atoms. The summed E-state index contributed by atoms with van der Waals surface area (Å²) in [5.74, 6) is 1.82.